The minimum Gasteiger partial charge on any atom is -0.493 e. The van der Waals surface area contributed by atoms with Crippen LogP contribution in [0.4, 0.5) is 0 Å². The summed E-state index contributed by atoms with van der Waals surface area (Å²) in [5.74, 6) is 1.03. The van der Waals surface area contributed by atoms with Crippen molar-refractivity contribution >= 4 is 28.8 Å². The SMILES string of the molecule is COc1ccc(/C=C2\Oc3cc(OC(=O)c4cc5ccccc5o4)cc(C)c3C2=O)c(OC)c1OC. The molecule has 3 aromatic carbocycles. The molecule has 0 N–H and O–H groups in total. The van der Waals surface area contributed by atoms with E-state index in [1.165, 1.54) is 27.4 Å². The van der Waals surface area contributed by atoms with Crippen LogP contribution < -0.4 is 23.7 Å². The number of carbonyl (C=O) groups is 2. The Hall–Kier alpha value is -4.72. The van der Waals surface area contributed by atoms with Gasteiger partial charge in [0.15, 0.2) is 17.3 Å². The quantitative estimate of drug-likeness (QED) is 0.197. The van der Waals surface area contributed by atoms with Crippen LogP contribution in [0.5, 0.6) is 28.7 Å². The van der Waals surface area contributed by atoms with E-state index < -0.39 is 5.97 Å². The van der Waals surface area contributed by atoms with Gasteiger partial charge in [0.25, 0.3) is 0 Å². The average molecular weight is 486 g/mol. The van der Waals surface area contributed by atoms with Gasteiger partial charge in [-0.3, -0.25) is 4.79 Å². The van der Waals surface area contributed by atoms with E-state index in [1.54, 1.807) is 43.3 Å². The molecule has 2 heterocycles. The molecule has 0 spiro atoms. The molecule has 0 amide bonds. The Morgan fingerprint density at radius 2 is 1.69 bits per heavy atom. The summed E-state index contributed by atoms with van der Waals surface area (Å²) in [5, 5.41) is 0.795. The fourth-order valence-electron chi connectivity index (χ4n) is 4.16. The number of fused-ring (bicyclic) bond motifs is 2. The fraction of sp³-hybridized carbons (Fsp3) is 0.143. The van der Waals surface area contributed by atoms with Gasteiger partial charge in [-0.1, -0.05) is 18.2 Å². The van der Waals surface area contributed by atoms with E-state index in [-0.39, 0.29) is 28.8 Å². The molecular weight excluding hydrogens is 464 g/mol. The summed E-state index contributed by atoms with van der Waals surface area (Å²) in [5.41, 5.74) is 2.15. The first kappa shape index (κ1) is 23.0. The summed E-state index contributed by atoms with van der Waals surface area (Å²) in [6.45, 7) is 1.75. The van der Waals surface area contributed by atoms with Crippen molar-refractivity contribution in [3.63, 3.8) is 0 Å². The number of methoxy groups -OCH3 is 3. The second-order valence-electron chi connectivity index (χ2n) is 8.01. The minimum atomic E-state index is -0.652. The van der Waals surface area contributed by atoms with Gasteiger partial charge in [-0.05, 0) is 48.9 Å². The van der Waals surface area contributed by atoms with Crippen LogP contribution in [0, 0.1) is 6.92 Å². The Kier molecular flexibility index (Phi) is 5.85. The van der Waals surface area contributed by atoms with Gasteiger partial charge in [0.05, 0.1) is 26.9 Å². The molecule has 0 saturated heterocycles. The lowest BCUT2D eigenvalue weighted by atomic mass is 10.0. The number of hydrogen-bond donors (Lipinski definition) is 0. The molecule has 8 heteroatoms. The molecule has 0 unspecified atom stereocenters. The zero-order chi connectivity index (χ0) is 25.4. The lowest BCUT2D eigenvalue weighted by Gasteiger charge is -2.14. The summed E-state index contributed by atoms with van der Waals surface area (Å²) in [7, 11) is 4.52. The lowest BCUT2D eigenvalue weighted by molar-refractivity contribution is 0.0703. The third kappa shape index (κ3) is 3.92. The maximum Gasteiger partial charge on any atom is 0.379 e. The number of ketones is 1. The van der Waals surface area contributed by atoms with Crippen molar-refractivity contribution in [3.05, 3.63) is 82.8 Å². The van der Waals surface area contributed by atoms with E-state index in [1.807, 2.05) is 18.2 Å². The Morgan fingerprint density at radius 1 is 0.917 bits per heavy atom. The summed E-state index contributed by atoms with van der Waals surface area (Å²) >= 11 is 0. The fourth-order valence-corrected chi connectivity index (χ4v) is 4.16. The van der Waals surface area contributed by atoms with Crippen LogP contribution in [0.1, 0.15) is 32.0 Å². The van der Waals surface area contributed by atoms with Crippen LogP contribution >= 0.6 is 0 Å². The van der Waals surface area contributed by atoms with Gasteiger partial charge in [0, 0.05) is 17.0 Å². The minimum absolute atomic E-state index is 0.0764. The lowest BCUT2D eigenvalue weighted by Crippen LogP contribution is -2.07. The summed E-state index contributed by atoms with van der Waals surface area (Å²) in [6.07, 6.45) is 1.57. The van der Waals surface area contributed by atoms with Crippen molar-refractivity contribution in [1.82, 2.24) is 0 Å². The van der Waals surface area contributed by atoms with Gasteiger partial charge in [0.2, 0.25) is 17.3 Å². The molecule has 4 aromatic rings. The van der Waals surface area contributed by atoms with Crippen LogP contribution in [-0.4, -0.2) is 33.1 Å². The number of Topliss-reactive ketones (excluding diaryl/α,β-unsaturated/α-hetero) is 1. The number of hydrogen-bond acceptors (Lipinski definition) is 8. The maximum absolute atomic E-state index is 13.1. The molecule has 0 aliphatic carbocycles. The maximum atomic E-state index is 13.1. The highest BCUT2D eigenvalue weighted by molar-refractivity contribution is 6.15. The first-order valence-electron chi connectivity index (χ1n) is 11.0. The van der Waals surface area contributed by atoms with E-state index in [0.29, 0.717) is 39.5 Å². The van der Waals surface area contributed by atoms with Crippen molar-refractivity contribution in [3.8, 4) is 28.7 Å². The predicted octanol–water partition coefficient (Wildman–Crippen LogP) is 5.60. The monoisotopic (exact) mass is 486 g/mol. The van der Waals surface area contributed by atoms with E-state index in [0.717, 1.165) is 5.39 Å². The van der Waals surface area contributed by atoms with Gasteiger partial charge in [0.1, 0.15) is 17.1 Å². The second kappa shape index (κ2) is 9.14. The van der Waals surface area contributed by atoms with Crippen molar-refractivity contribution in [2.45, 2.75) is 6.92 Å². The molecule has 36 heavy (non-hydrogen) atoms. The van der Waals surface area contributed by atoms with Crippen LogP contribution in [0.2, 0.25) is 0 Å². The number of rotatable bonds is 6. The molecule has 8 nitrogen and oxygen atoms in total. The molecule has 1 aromatic heterocycles. The summed E-state index contributed by atoms with van der Waals surface area (Å²) < 4.78 is 33.2. The van der Waals surface area contributed by atoms with Crippen molar-refractivity contribution in [1.29, 1.82) is 0 Å². The molecule has 1 aliphatic heterocycles. The average Bonchev–Trinajstić information content (AvgIpc) is 3.45. The number of benzene rings is 3. The van der Waals surface area contributed by atoms with Gasteiger partial charge in [-0.2, -0.15) is 0 Å². The summed E-state index contributed by atoms with van der Waals surface area (Å²) in [6, 6.07) is 15.5. The first-order valence-corrected chi connectivity index (χ1v) is 11.0. The third-order valence-electron chi connectivity index (χ3n) is 5.80. The smallest absolute Gasteiger partial charge is 0.379 e. The Morgan fingerprint density at radius 3 is 2.42 bits per heavy atom. The van der Waals surface area contributed by atoms with Crippen LogP contribution in [-0.2, 0) is 0 Å². The summed E-state index contributed by atoms with van der Waals surface area (Å²) in [4.78, 5) is 25.8. The first-order chi connectivity index (χ1) is 17.4. The zero-order valence-corrected chi connectivity index (χ0v) is 20.0. The third-order valence-corrected chi connectivity index (χ3v) is 5.80. The van der Waals surface area contributed by atoms with E-state index in [9.17, 15) is 9.59 Å². The number of furan rings is 1. The van der Waals surface area contributed by atoms with Gasteiger partial charge in [-0.25, -0.2) is 4.79 Å². The highest BCUT2D eigenvalue weighted by atomic mass is 16.6. The number of aryl methyl sites for hydroxylation is 1. The molecule has 0 bridgehead atoms. The van der Waals surface area contributed by atoms with Crippen LogP contribution in [0.15, 0.2) is 64.8 Å². The number of allylic oxidation sites excluding steroid dienone is 1. The Bertz CT molecular complexity index is 1510. The molecule has 0 radical (unpaired) electrons. The molecule has 0 fully saturated rings. The second-order valence-corrected chi connectivity index (χ2v) is 8.01. The van der Waals surface area contributed by atoms with E-state index >= 15 is 0 Å². The topological polar surface area (TPSA) is 93.4 Å². The van der Waals surface area contributed by atoms with Crippen molar-refractivity contribution < 1.29 is 37.7 Å². The standard InChI is InChI=1S/C28H22O8/c1-15-11-18(34-28(30)23-12-16-7-5-6-8-19(16)35-23)14-21-24(15)25(29)22(36-21)13-17-9-10-20(31-2)27(33-4)26(17)32-3/h5-14H,1-4H3/b22-13-. The van der Waals surface area contributed by atoms with E-state index in [4.69, 9.17) is 28.1 Å². The van der Waals surface area contributed by atoms with Crippen LogP contribution in [0.3, 0.4) is 0 Å². The number of esters is 1. The largest absolute Gasteiger partial charge is 0.493 e. The van der Waals surface area contributed by atoms with E-state index in [2.05, 4.69) is 0 Å². The normalized spacial score (nSPS) is 13.4. The predicted molar refractivity (Wildman–Crippen MR) is 131 cm³/mol. The number of ether oxygens (including phenoxy) is 5. The van der Waals surface area contributed by atoms with Crippen molar-refractivity contribution in [2.24, 2.45) is 0 Å². The van der Waals surface area contributed by atoms with Gasteiger partial charge in [-0.15, -0.1) is 0 Å². The van der Waals surface area contributed by atoms with Gasteiger partial charge >= 0.3 is 5.97 Å². The van der Waals surface area contributed by atoms with Crippen LogP contribution in [0.25, 0.3) is 17.0 Å². The zero-order valence-electron chi connectivity index (χ0n) is 20.0. The highest BCUT2D eigenvalue weighted by Gasteiger charge is 2.31. The molecule has 5 rings (SSSR count). The Labute approximate surface area is 206 Å². The number of para-hydroxylation sites is 1. The molecule has 1 aliphatic rings. The number of carbonyl (C=O) groups excluding carboxylic acids is 2. The highest BCUT2D eigenvalue weighted by Crippen LogP contribution is 2.42. The van der Waals surface area contributed by atoms with Gasteiger partial charge < -0.3 is 28.1 Å². The Balaban J connectivity index is 1.44. The molecule has 0 atom stereocenters. The molecule has 182 valence electrons. The molecular formula is C28H22O8. The van der Waals surface area contributed by atoms with Crippen molar-refractivity contribution in [2.75, 3.05) is 21.3 Å². The molecule has 0 saturated carbocycles.